The summed E-state index contributed by atoms with van der Waals surface area (Å²) < 4.78 is 18.1. The molecule has 1 aromatic heterocycles. The molecule has 0 saturated heterocycles. The van der Waals surface area contributed by atoms with Crippen LogP contribution in [-0.4, -0.2) is 4.98 Å². The van der Waals surface area contributed by atoms with Gasteiger partial charge in [-0.2, -0.15) is 9.37 Å². The molecule has 1 heterocycles. The van der Waals surface area contributed by atoms with Crippen molar-refractivity contribution in [2.45, 2.75) is 0 Å². The lowest BCUT2D eigenvalue weighted by Gasteiger charge is -2.06. The van der Waals surface area contributed by atoms with E-state index in [-0.39, 0.29) is 10.9 Å². The van der Waals surface area contributed by atoms with E-state index in [9.17, 15) is 4.39 Å². The highest BCUT2D eigenvalue weighted by molar-refractivity contribution is 6.42. The molecular weight excluding hydrogens is 252 g/mol. The Balaban J connectivity index is 2.31. The van der Waals surface area contributed by atoms with Crippen molar-refractivity contribution in [3.8, 4) is 11.6 Å². The molecule has 0 amide bonds. The first kappa shape index (κ1) is 11.2. The summed E-state index contributed by atoms with van der Waals surface area (Å²) in [4.78, 5) is 3.55. The summed E-state index contributed by atoms with van der Waals surface area (Å²) in [6, 6.07) is 9.20. The highest BCUT2D eigenvalue weighted by atomic mass is 35.5. The first-order chi connectivity index (χ1) is 7.66. The van der Waals surface area contributed by atoms with Gasteiger partial charge in [0.15, 0.2) is 0 Å². The van der Waals surface area contributed by atoms with E-state index in [0.29, 0.717) is 10.8 Å². The molecule has 0 saturated carbocycles. The molecule has 0 unspecified atom stereocenters. The van der Waals surface area contributed by atoms with Gasteiger partial charge in [0.25, 0.3) is 0 Å². The van der Waals surface area contributed by atoms with Gasteiger partial charge in [-0.25, -0.2) is 0 Å². The fourth-order valence-corrected chi connectivity index (χ4v) is 1.45. The van der Waals surface area contributed by atoms with Crippen LogP contribution in [0, 0.1) is 5.95 Å². The number of halogens is 3. The molecule has 0 aliphatic carbocycles. The maximum absolute atomic E-state index is 12.8. The van der Waals surface area contributed by atoms with Crippen molar-refractivity contribution in [2.24, 2.45) is 0 Å². The molecule has 82 valence electrons. The van der Waals surface area contributed by atoms with Crippen LogP contribution in [0.4, 0.5) is 4.39 Å². The van der Waals surface area contributed by atoms with Crippen LogP contribution in [0.5, 0.6) is 11.6 Å². The summed E-state index contributed by atoms with van der Waals surface area (Å²) in [5.74, 6) is -0.146. The van der Waals surface area contributed by atoms with E-state index >= 15 is 0 Å². The predicted molar refractivity (Wildman–Crippen MR) is 60.7 cm³/mol. The molecule has 0 spiro atoms. The Morgan fingerprint density at radius 2 is 1.81 bits per heavy atom. The second kappa shape index (κ2) is 4.68. The van der Waals surface area contributed by atoms with Gasteiger partial charge < -0.3 is 4.74 Å². The maximum Gasteiger partial charge on any atom is 0.221 e. The van der Waals surface area contributed by atoms with E-state index in [0.717, 1.165) is 0 Å². The molecular formula is C11H6Cl2FNO. The molecule has 2 aromatic rings. The molecule has 2 nitrogen and oxygen atoms in total. The van der Waals surface area contributed by atoms with Crippen molar-refractivity contribution in [1.29, 1.82) is 0 Å². The van der Waals surface area contributed by atoms with Gasteiger partial charge in [-0.1, -0.05) is 35.3 Å². The number of aromatic nitrogens is 1. The molecule has 0 fully saturated rings. The smallest absolute Gasteiger partial charge is 0.221 e. The topological polar surface area (TPSA) is 22.1 Å². The van der Waals surface area contributed by atoms with Crippen molar-refractivity contribution in [2.75, 3.05) is 0 Å². The van der Waals surface area contributed by atoms with Gasteiger partial charge in [-0.05, 0) is 18.2 Å². The minimum absolute atomic E-state index is 0.129. The van der Waals surface area contributed by atoms with E-state index in [1.165, 1.54) is 18.2 Å². The molecule has 1 aromatic carbocycles. The van der Waals surface area contributed by atoms with Gasteiger partial charge in [0.05, 0.1) is 5.02 Å². The summed E-state index contributed by atoms with van der Waals surface area (Å²) in [5, 5.41) is 0.644. The fraction of sp³-hybridized carbons (Fsp3) is 0. The maximum atomic E-state index is 12.8. The average molecular weight is 258 g/mol. The lowest BCUT2D eigenvalue weighted by atomic mass is 10.3. The Morgan fingerprint density at radius 3 is 2.56 bits per heavy atom. The SMILES string of the molecule is Fc1cccc(Oc2cccc(Cl)c2Cl)n1. The van der Waals surface area contributed by atoms with Crippen LogP contribution < -0.4 is 4.74 Å². The molecule has 0 aliphatic heterocycles. The highest BCUT2D eigenvalue weighted by Crippen LogP contribution is 2.33. The van der Waals surface area contributed by atoms with Gasteiger partial charge in [0, 0.05) is 6.07 Å². The minimum Gasteiger partial charge on any atom is -0.437 e. The van der Waals surface area contributed by atoms with E-state index in [1.807, 2.05) is 0 Å². The molecule has 0 radical (unpaired) electrons. The summed E-state index contributed by atoms with van der Waals surface area (Å²) in [6.07, 6.45) is 0. The van der Waals surface area contributed by atoms with E-state index in [4.69, 9.17) is 27.9 Å². The van der Waals surface area contributed by atoms with Crippen LogP contribution in [0.25, 0.3) is 0 Å². The zero-order valence-corrected chi connectivity index (χ0v) is 9.47. The Morgan fingerprint density at radius 1 is 1.06 bits per heavy atom. The van der Waals surface area contributed by atoms with Crippen molar-refractivity contribution in [1.82, 2.24) is 4.98 Å². The molecule has 0 N–H and O–H groups in total. The van der Waals surface area contributed by atoms with Crippen LogP contribution >= 0.6 is 23.2 Å². The van der Waals surface area contributed by atoms with Crippen molar-refractivity contribution in [3.63, 3.8) is 0 Å². The van der Waals surface area contributed by atoms with Gasteiger partial charge >= 0.3 is 0 Å². The molecule has 0 atom stereocenters. The zero-order valence-electron chi connectivity index (χ0n) is 7.95. The first-order valence-electron chi connectivity index (χ1n) is 4.41. The predicted octanol–water partition coefficient (Wildman–Crippen LogP) is 4.32. The lowest BCUT2D eigenvalue weighted by Crippen LogP contribution is -1.90. The zero-order chi connectivity index (χ0) is 11.5. The van der Waals surface area contributed by atoms with Crippen LogP contribution in [0.2, 0.25) is 10.0 Å². The highest BCUT2D eigenvalue weighted by Gasteiger charge is 2.07. The van der Waals surface area contributed by atoms with Gasteiger partial charge in [0.1, 0.15) is 10.8 Å². The number of nitrogens with zero attached hydrogens (tertiary/aromatic N) is 1. The van der Waals surface area contributed by atoms with Crippen molar-refractivity contribution < 1.29 is 9.13 Å². The third kappa shape index (κ3) is 2.43. The second-order valence-electron chi connectivity index (χ2n) is 2.95. The molecule has 5 heteroatoms. The average Bonchev–Trinajstić information content (AvgIpc) is 2.25. The van der Waals surface area contributed by atoms with E-state index in [2.05, 4.69) is 4.98 Å². The second-order valence-corrected chi connectivity index (χ2v) is 3.74. The van der Waals surface area contributed by atoms with E-state index < -0.39 is 5.95 Å². The van der Waals surface area contributed by atoms with Crippen LogP contribution in [0.3, 0.4) is 0 Å². The Hall–Kier alpha value is -1.32. The monoisotopic (exact) mass is 257 g/mol. The number of pyridine rings is 1. The van der Waals surface area contributed by atoms with Crippen LogP contribution in [-0.2, 0) is 0 Å². The normalized spacial score (nSPS) is 10.2. The number of hydrogen-bond acceptors (Lipinski definition) is 2. The summed E-state index contributed by atoms with van der Waals surface area (Å²) in [7, 11) is 0. The molecule has 0 bridgehead atoms. The summed E-state index contributed by atoms with van der Waals surface area (Å²) in [5.41, 5.74) is 0. The third-order valence-corrected chi connectivity index (χ3v) is 2.62. The summed E-state index contributed by atoms with van der Waals surface area (Å²) >= 11 is 11.7. The van der Waals surface area contributed by atoms with Gasteiger partial charge in [-0.3, -0.25) is 0 Å². The molecule has 2 rings (SSSR count). The van der Waals surface area contributed by atoms with Crippen LogP contribution in [0.15, 0.2) is 36.4 Å². The minimum atomic E-state index is -0.615. The Bertz CT molecular complexity index is 519. The fourth-order valence-electron chi connectivity index (χ4n) is 1.12. The summed E-state index contributed by atoms with van der Waals surface area (Å²) in [6.45, 7) is 0. The third-order valence-electron chi connectivity index (χ3n) is 1.82. The van der Waals surface area contributed by atoms with Crippen molar-refractivity contribution in [3.05, 3.63) is 52.4 Å². The Labute approximate surface area is 102 Å². The van der Waals surface area contributed by atoms with Gasteiger partial charge in [0.2, 0.25) is 11.8 Å². The molecule has 0 aliphatic rings. The number of benzene rings is 1. The Kier molecular flexibility index (Phi) is 3.27. The standard InChI is InChI=1S/C11H6Cl2FNO/c12-7-3-1-4-8(11(7)13)16-10-6-2-5-9(14)15-10/h1-6H. The van der Waals surface area contributed by atoms with Gasteiger partial charge in [-0.15, -0.1) is 0 Å². The first-order valence-corrected chi connectivity index (χ1v) is 5.17. The largest absolute Gasteiger partial charge is 0.437 e. The van der Waals surface area contributed by atoms with E-state index in [1.54, 1.807) is 18.2 Å². The number of rotatable bonds is 2. The molecule has 16 heavy (non-hydrogen) atoms. The van der Waals surface area contributed by atoms with Crippen molar-refractivity contribution >= 4 is 23.2 Å². The van der Waals surface area contributed by atoms with Crippen LogP contribution in [0.1, 0.15) is 0 Å². The lowest BCUT2D eigenvalue weighted by molar-refractivity contribution is 0.445. The number of hydrogen-bond donors (Lipinski definition) is 0. The number of ether oxygens (including phenoxy) is 1. The quantitative estimate of drug-likeness (QED) is 0.748.